The maximum atomic E-state index is 12.0. The van der Waals surface area contributed by atoms with E-state index in [0.29, 0.717) is 11.3 Å². The van der Waals surface area contributed by atoms with Gasteiger partial charge in [0.25, 0.3) is 0 Å². The molecule has 1 aliphatic heterocycles. The maximum Gasteiger partial charge on any atom is 0.339 e. The van der Waals surface area contributed by atoms with Crippen LogP contribution >= 0.6 is 0 Å². The number of esters is 1. The summed E-state index contributed by atoms with van der Waals surface area (Å²) in [6.45, 7) is 1.71. The van der Waals surface area contributed by atoms with Crippen LogP contribution in [0.1, 0.15) is 33.2 Å². The first-order chi connectivity index (χ1) is 10.4. The predicted octanol–water partition coefficient (Wildman–Crippen LogP) is 2.38. The van der Waals surface area contributed by atoms with Crippen molar-refractivity contribution in [2.75, 3.05) is 7.11 Å². The van der Waals surface area contributed by atoms with Gasteiger partial charge in [-0.1, -0.05) is 0 Å². The van der Waals surface area contributed by atoms with E-state index in [-0.39, 0.29) is 33.9 Å². The molecule has 0 spiro atoms. The lowest BCUT2D eigenvalue weighted by Crippen LogP contribution is -2.02. The van der Waals surface area contributed by atoms with Gasteiger partial charge in [-0.15, -0.1) is 0 Å². The van der Waals surface area contributed by atoms with Gasteiger partial charge in [-0.25, -0.2) is 4.79 Å². The normalized spacial score (nSPS) is 16.3. The van der Waals surface area contributed by atoms with Crippen LogP contribution in [-0.2, 0) is 4.74 Å². The lowest BCUT2D eigenvalue weighted by molar-refractivity contribution is 0.0448. The molecule has 6 nitrogen and oxygen atoms in total. The van der Waals surface area contributed by atoms with Crippen LogP contribution in [0.3, 0.4) is 0 Å². The summed E-state index contributed by atoms with van der Waals surface area (Å²) < 4.78 is 10.2. The Kier molecular flexibility index (Phi) is 3.09. The number of benzene rings is 2. The third kappa shape index (κ3) is 2.00. The monoisotopic (exact) mass is 302 g/mol. The fraction of sp³-hybridized carbons (Fsp3) is 0.188. The van der Waals surface area contributed by atoms with E-state index in [9.17, 15) is 20.1 Å². The van der Waals surface area contributed by atoms with Gasteiger partial charge in [-0.3, -0.25) is 0 Å². The van der Waals surface area contributed by atoms with Crippen LogP contribution < -0.4 is 4.74 Å². The van der Waals surface area contributed by atoms with Crippen LogP contribution in [0.4, 0.5) is 0 Å². The third-order valence-corrected chi connectivity index (χ3v) is 3.62. The Balaban J connectivity index is 2.21. The number of carbonyl (C=O) groups excluding carboxylic acids is 1. The first kappa shape index (κ1) is 14.1. The van der Waals surface area contributed by atoms with Crippen LogP contribution in [-0.4, -0.2) is 28.4 Å². The van der Waals surface area contributed by atoms with Gasteiger partial charge >= 0.3 is 5.97 Å². The molecular weight excluding hydrogens is 288 g/mol. The van der Waals surface area contributed by atoms with Crippen LogP contribution in [0, 0.1) is 6.92 Å². The number of phenols is 3. The average Bonchev–Trinajstić information content (AvgIpc) is 2.75. The minimum Gasteiger partial charge on any atom is -0.507 e. The summed E-state index contributed by atoms with van der Waals surface area (Å²) in [4.78, 5) is 12.0. The van der Waals surface area contributed by atoms with Crippen molar-refractivity contribution in [3.05, 3.63) is 46.5 Å². The second-order valence-electron chi connectivity index (χ2n) is 5.11. The molecule has 0 aliphatic carbocycles. The van der Waals surface area contributed by atoms with Gasteiger partial charge in [0.2, 0.25) is 0 Å². The molecule has 0 saturated carbocycles. The second-order valence-corrected chi connectivity index (χ2v) is 5.11. The Bertz CT molecular complexity index is 757. The van der Waals surface area contributed by atoms with Crippen molar-refractivity contribution in [2.45, 2.75) is 13.0 Å². The minimum absolute atomic E-state index is 0.0400. The highest BCUT2D eigenvalue weighted by Gasteiger charge is 2.38. The van der Waals surface area contributed by atoms with E-state index in [1.165, 1.54) is 31.4 Å². The molecule has 1 atom stereocenters. The Morgan fingerprint density at radius 1 is 1.00 bits per heavy atom. The summed E-state index contributed by atoms with van der Waals surface area (Å²) in [5.41, 5.74) is 1.03. The fourth-order valence-corrected chi connectivity index (χ4v) is 2.64. The predicted molar refractivity (Wildman–Crippen MR) is 76.4 cm³/mol. The number of hydrogen-bond acceptors (Lipinski definition) is 6. The molecule has 114 valence electrons. The van der Waals surface area contributed by atoms with Gasteiger partial charge in [-0.05, 0) is 30.7 Å². The van der Waals surface area contributed by atoms with Crippen molar-refractivity contribution in [1.29, 1.82) is 0 Å². The molecule has 22 heavy (non-hydrogen) atoms. The average molecular weight is 302 g/mol. The molecule has 0 aromatic heterocycles. The SMILES string of the molecule is COc1cc(O)c2c(c1)C(=O)O[C@@H]2c1c(O)cc(C)cc1O. The summed E-state index contributed by atoms with van der Waals surface area (Å²) >= 11 is 0. The van der Waals surface area contributed by atoms with Gasteiger partial charge in [-0.2, -0.15) is 0 Å². The Morgan fingerprint density at radius 2 is 1.59 bits per heavy atom. The quantitative estimate of drug-likeness (QED) is 0.737. The van der Waals surface area contributed by atoms with Crippen molar-refractivity contribution in [3.8, 4) is 23.0 Å². The molecule has 1 heterocycles. The number of methoxy groups -OCH3 is 1. The number of carbonyl (C=O) groups is 1. The second kappa shape index (κ2) is 4.84. The van der Waals surface area contributed by atoms with E-state index in [1.54, 1.807) is 6.92 Å². The fourth-order valence-electron chi connectivity index (χ4n) is 2.64. The summed E-state index contributed by atoms with van der Waals surface area (Å²) in [6, 6.07) is 5.68. The van der Waals surface area contributed by atoms with E-state index in [2.05, 4.69) is 0 Å². The molecular formula is C16H14O6. The Labute approximate surface area is 126 Å². The van der Waals surface area contributed by atoms with Crippen LogP contribution in [0.5, 0.6) is 23.0 Å². The smallest absolute Gasteiger partial charge is 0.339 e. The van der Waals surface area contributed by atoms with E-state index >= 15 is 0 Å². The van der Waals surface area contributed by atoms with Gasteiger partial charge < -0.3 is 24.8 Å². The number of aryl methyl sites for hydroxylation is 1. The molecule has 0 fully saturated rings. The molecule has 2 aromatic rings. The number of fused-ring (bicyclic) bond motifs is 1. The van der Waals surface area contributed by atoms with E-state index in [4.69, 9.17) is 9.47 Å². The largest absolute Gasteiger partial charge is 0.507 e. The molecule has 0 amide bonds. The molecule has 0 radical (unpaired) electrons. The third-order valence-electron chi connectivity index (χ3n) is 3.62. The topological polar surface area (TPSA) is 96.2 Å². The molecule has 3 rings (SSSR count). The van der Waals surface area contributed by atoms with Crippen LogP contribution in [0.25, 0.3) is 0 Å². The molecule has 0 bridgehead atoms. The lowest BCUT2D eigenvalue weighted by atomic mass is 9.95. The van der Waals surface area contributed by atoms with Gasteiger partial charge in [0.05, 0.1) is 23.8 Å². The number of cyclic esters (lactones) is 1. The number of ether oxygens (including phenoxy) is 2. The molecule has 2 aromatic carbocycles. The standard InChI is InChI=1S/C16H14O6/c1-7-3-10(17)14(11(18)4-7)15-13-9(16(20)22-15)5-8(21-2)6-12(13)19/h3-6,15,17-19H,1-2H3/t15-/m0/s1. The number of rotatable bonds is 2. The summed E-state index contributed by atoms with van der Waals surface area (Å²) in [5, 5.41) is 30.3. The number of hydrogen-bond donors (Lipinski definition) is 3. The van der Waals surface area contributed by atoms with Crippen LogP contribution in [0.2, 0.25) is 0 Å². The highest BCUT2D eigenvalue weighted by molar-refractivity contribution is 5.96. The highest BCUT2D eigenvalue weighted by Crippen LogP contribution is 2.48. The van der Waals surface area contributed by atoms with Gasteiger partial charge in [0, 0.05) is 6.07 Å². The van der Waals surface area contributed by atoms with Gasteiger partial charge in [0.1, 0.15) is 23.0 Å². The first-order valence-corrected chi connectivity index (χ1v) is 6.56. The maximum absolute atomic E-state index is 12.0. The van der Waals surface area contributed by atoms with Crippen molar-refractivity contribution in [3.63, 3.8) is 0 Å². The number of aromatic hydroxyl groups is 3. The summed E-state index contributed by atoms with van der Waals surface area (Å²) in [7, 11) is 1.41. The van der Waals surface area contributed by atoms with Gasteiger partial charge in [0.15, 0.2) is 6.10 Å². The zero-order chi connectivity index (χ0) is 16.0. The van der Waals surface area contributed by atoms with E-state index < -0.39 is 12.1 Å². The van der Waals surface area contributed by atoms with Crippen molar-refractivity contribution in [2.24, 2.45) is 0 Å². The molecule has 0 saturated heterocycles. The van der Waals surface area contributed by atoms with Crippen molar-refractivity contribution >= 4 is 5.97 Å². The molecule has 6 heteroatoms. The van der Waals surface area contributed by atoms with Crippen molar-refractivity contribution < 1.29 is 29.6 Å². The number of phenolic OH excluding ortho intramolecular Hbond substituents is 3. The Morgan fingerprint density at radius 3 is 2.18 bits per heavy atom. The van der Waals surface area contributed by atoms with Crippen molar-refractivity contribution in [1.82, 2.24) is 0 Å². The summed E-state index contributed by atoms with van der Waals surface area (Å²) in [6.07, 6.45) is -1.07. The molecule has 3 N–H and O–H groups in total. The zero-order valence-electron chi connectivity index (χ0n) is 12.0. The Hall–Kier alpha value is -2.89. The zero-order valence-corrected chi connectivity index (χ0v) is 12.0. The minimum atomic E-state index is -1.07. The van der Waals surface area contributed by atoms with Crippen LogP contribution in [0.15, 0.2) is 24.3 Å². The molecule has 1 aliphatic rings. The highest BCUT2D eigenvalue weighted by atomic mass is 16.6. The first-order valence-electron chi connectivity index (χ1n) is 6.56. The molecule has 0 unspecified atom stereocenters. The van der Waals surface area contributed by atoms with E-state index in [0.717, 1.165) is 0 Å². The van der Waals surface area contributed by atoms with E-state index in [1.807, 2.05) is 0 Å². The lowest BCUT2D eigenvalue weighted by Gasteiger charge is -2.16. The summed E-state index contributed by atoms with van der Waals surface area (Å²) in [5.74, 6) is -0.971.